The Balaban J connectivity index is 0.000000222. The van der Waals surface area contributed by atoms with Crippen molar-refractivity contribution >= 4 is 0 Å². The molecule has 0 aliphatic carbocycles. The smallest absolute Gasteiger partial charge is 0.119 e. The minimum absolute atomic E-state index is 0.0870. The minimum atomic E-state index is -0.0870. The van der Waals surface area contributed by atoms with E-state index >= 15 is 0 Å². The molecule has 7 nitrogen and oxygen atoms in total. The highest BCUT2D eigenvalue weighted by atomic mass is 16.6. The molecule has 0 bridgehead atoms. The van der Waals surface area contributed by atoms with Gasteiger partial charge in [0.15, 0.2) is 0 Å². The fourth-order valence-corrected chi connectivity index (χ4v) is 3.47. The van der Waals surface area contributed by atoms with E-state index in [9.17, 15) is 0 Å². The van der Waals surface area contributed by atoms with Crippen LogP contribution in [-0.2, 0) is 29.1 Å². The monoisotopic (exact) mass is 470 g/mol. The van der Waals surface area contributed by atoms with Crippen LogP contribution in [0.2, 0.25) is 0 Å². The summed E-state index contributed by atoms with van der Waals surface area (Å²) in [5, 5.41) is 0. The molecule has 4 fully saturated rings. The number of hydrogen-bond donors (Lipinski definition) is 0. The summed E-state index contributed by atoms with van der Waals surface area (Å²) in [5.74, 6) is 1.78. The first-order chi connectivity index (χ1) is 16.6. The van der Waals surface area contributed by atoms with E-state index in [1.54, 1.807) is 0 Å². The maximum atomic E-state index is 5.72. The predicted octanol–water partition coefficient (Wildman–Crippen LogP) is 3.37. The maximum Gasteiger partial charge on any atom is 0.119 e. The van der Waals surface area contributed by atoms with Gasteiger partial charge in [-0.3, -0.25) is 0 Å². The Morgan fingerprint density at radius 3 is 1.24 bits per heavy atom. The molecule has 4 heterocycles. The van der Waals surface area contributed by atoms with Gasteiger partial charge in [-0.2, -0.15) is 0 Å². The molecular weight excluding hydrogens is 436 g/mol. The zero-order valence-corrected chi connectivity index (χ0v) is 19.9. The molecule has 4 unspecified atom stereocenters. The summed E-state index contributed by atoms with van der Waals surface area (Å²) in [6.07, 6.45) is 1.35. The number of hydrogen-bond acceptors (Lipinski definition) is 7. The Kier molecular flexibility index (Phi) is 7.37. The lowest BCUT2D eigenvalue weighted by Crippen LogP contribution is -2.18. The molecule has 2 aromatic carbocycles. The number of rotatable bonds is 12. The van der Waals surface area contributed by atoms with E-state index in [-0.39, 0.29) is 17.6 Å². The molecule has 0 N–H and O–H groups in total. The van der Waals surface area contributed by atoms with Crippen LogP contribution in [0.25, 0.3) is 0 Å². The van der Waals surface area contributed by atoms with E-state index in [1.165, 1.54) is 11.1 Å². The van der Waals surface area contributed by atoms with E-state index in [4.69, 9.17) is 33.2 Å². The zero-order chi connectivity index (χ0) is 23.4. The lowest BCUT2D eigenvalue weighted by molar-refractivity contribution is 0.102. The van der Waals surface area contributed by atoms with Crippen LogP contribution in [0.4, 0.5) is 0 Å². The van der Waals surface area contributed by atoms with Crippen LogP contribution in [0, 0.1) is 0 Å². The van der Waals surface area contributed by atoms with Crippen LogP contribution in [-0.4, -0.2) is 77.3 Å². The molecule has 4 atom stereocenters. The normalized spacial score (nSPS) is 26.2. The first-order valence-corrected chi connectivity index (χ1v) is 12.1. The van der Waals surface area contributed by atoms with E-state index in [0.717, 1.165) is 51.1 Å². The molecule has 0 amide bonds. The fourth-order valence-electron chi connectivity index (χ4n) is 3.47. The van der Waals surface area contributed by atoms with Crippen LogP contribution in [0.3, 0.4) is 0 Å². The lowest BCUT2D eigenvalue weighted by Gasteiger charge is -2.26. The van der Waals surface area contributed by atoms with E-state index < -0.39 is 0 Å². The van der Waals surface area contributed by atoms with Crippen molar-refractivity contribution in [2.45, 2.75) is 43.7 Å². The topological polar surface area (TPSA) is 77.8 Å². The van der Waals surface area contributed by atoms with Gasteiger partial charge in [0.25, 0.3) is 0 Å². The molecule has 184 valence electrons. The van der Waals surface area contributed by atoms with Crippen LogP contribution < -0.4 is 9.47 Å². The van der Waals surface area contributed by atoms with Crippen molar-refractivity contribution in [3.63, 3.8) is 0 Å². The van der Waals surface area contributed by atoms with Gasteiger partial charge in [-0.05, 0) is 35.4 Å². The van der Waals surface area contributed by atoms with Crippen molar-refractivity contribution in [2.24, 2.45) is 0 Å². The quantitative estimate of drug-likeness (QED) is 0.440. The van der Waals surface area contributed by atoms with Gasteiger partial charge < -0.3 is 33.2 Å². The Morgan fingerprint density at radius 1 is 0.588 bits per heavy atom. The Hall–Kier alpha value is -2.16. The SMILES string of the molecule is C(OCC1CO1)C1CO1.CC(C)(c1ccc(OCC2CO2)cc1)c1ccc(OCC2CO2)cc1. The Labute approximate surface area is 201 Å². The first-order valence-electron chi connectivity index (χ1n) is 12.1. The summed E-state index contributed by atoms with van der Waals surface area (Å²) in [7, 11) is 0. The summed E-state index contributed by atoms with van der Waals surface area (Å²) in [6, 6.07) is 16.7. The largest absolute Gasteiger partial charge is 0.491 e. The standard InChI is InChI=1S/C21H24O4.C6H10O3/c1-21(2,15-3-7-17(8-4-15)22-11-19-13-24-19)16-5-9-18(10-6-16)23-12-20-14-25-20;1(5-3-8-5)7-2-6-4-9-6/h3-10,19-20H,11-14H2,1-2H3;5-6H,1-4H2. The molecule has 4 saturated heterocycles. The Bertz CT molecular complexity index is 822. The highest BCUT2D eigenvalue weighted by Crippen LogP contribution is 2.33. The predicted molar refractivity (Wildman–Crippen MR) is 126 cm³/mol. The summed E-state index contributed by atoms with van der Waals surface area (Å²) in [4.78, 5) is 0. The summed E-state index contributed by atoms with van der Waals surface area (Å²) in [6.45, 7) is 10.6. The van der Waals surface area contributed by atoms with Crippen molar-refractivity contribution in [1.29, 1.82) is 0 Å². The van der Waals surface area contributed by atoms with Gasteiger partial charge in [-0.1, -0.05) is 38.1 Å². The van der Waals surface area contributed by atoms with Gasteiger partial charge in [0, 0.05) is 5.41 Å². The summed E-state index contributed by atoms with van der Waals surface area (Å²) < 4.78 is 36.9. The number of ether oxygens (including phenoxy) is 7. The van der Waals surface area contributed by atoms with Gasteiger partial charge in [0.2, 0.25) is 0 Å². The molecule has 0 radical (unpaired) electrons. The molecule has 7 heteroatoms. The lowest BCUT2D eigenvalue weighted by atomic mass is 9.78. The Morgan fingerprint density at radius 2 is 0.912 bits per heavy atom. The molecule has 6 rings (SSSR count). The molecule has 0 saturated carbocycles. The molecular formula is C27H34O7. The molecule has 4 aliphatic rings. The van der Waals surface area contributed by atoms with E-state index in [2.05, 4.69) is 38.1 Å². The average molecular weight is 471 g/mol. The third-order valence-electron chi connectivity index (χ3n) is 6.24. The molecule has 0 spiro atoms. The van der Waals surface area contributed by atoms with Crippen molar-refractivity contribution in [3.8, 4) is 11.5 Å². The van der Waals surface area contributed by atoms with Gasteiger partial charge in [0.1, 0.15) is 49.1 Å². The van der Waals surface area contributed by atoms with Gasteiger partial charge in [-0.15, -0.1) is 0 Å². The van der Waals surface area contributed by atoms with Gasteiger partial charge in [-0.25, -0.2) is 0 Å². The molecule has 4 aliphatic heterocycles. The van der Waals surface area contributed by atoms with Crippen LogP contribution in [0.15, 0.2) is 48.5 Å². The van der Waals surface area contributed by atoms with Crippen molar-refractivity contribution in [3.05, 3.63) is 59.7 Å². The maximum absolute atomic E-state index is 5.72. The van der Waals surface area contributed by atoms with Crippen LogP contribution in [0.5, 0.6) is 11.5 Å². The average Bonchev–Trinajstić information content (AvgIpc) is 3.69. The van der Waals surface area contributed by atoms with E-state index in [1.807, 2.05) is 24.3 Å². The second-order valence-electron chi connectivity index (χ2n) is 9.65. The third-order valence-corrected chi connectivity index (χ3v) is 6.24. The van der Waals surface area contributed by atoms with E-state index in [0.29, 0.717) is 25.4 Å². The fraction of sp³-hybridized carbons (Fsp3) is 0.556. The van der Waals surface area contributed by atoms with Crippen LogP contribution in [0.1, 0.15) is 25.0 Å². The minimum Gasteiger partial charge on any atom is -0.491 e. The highest BCUT2D eigenvalue weighted by molar-refractivity contribution is 5.41. The number of epoxide rings is 4. The summed E-state index contributed by atoms with van der Waals surface area (Å²) >= 11 is 0. The van der Waals surface area contributed by atoms with Crippen molar-refractivity contribution < 1.29 is 33.2 Å². The second kappa shape index (κ2) is 10.6. The zero-order valence-electron chi connectivity index (χ0n) is 19.9. The van der Waals surface area contributed by atoms with Gasteiger partial charge in [0.05, 0.1) is 39.6 Å². The molecule has 2 aromatic rings. The summed E-state index contributed by atoms with van der Waals surface area (Å²) in [5.41, 5.74) is 2.42. The van der Waals surface area contributed by atoms with Crippen molar-refractivity contribution in [2.75, 3.05) is 52.9 Å². The van der Waals surface area contributed by atoms with Crippen LogP contribution >= 0.6 is 0 Å². The molecule has 34 heavy (non-hydrogen) atoms. The first kappa shape index (κ1) is 23.6. The van der Waals surface area contributed by atoms with Crippen molar-refractivity contribution in [1.82, 2.24) is 0 Å². The highest BCUT2D eigenvalue weighted by Gasteiger charge is 2.27. The third kappa shape index (κ3) is 7.42. The van der Waals surface area contributed by atoms with Gasteiger partial charge >= 0.3 is 0 Å². The molecule has 0 aromatic heterocycles. The number of benzene rings is 2. The second-order valence-corrected chi connectivity index (χ2v) is 9.65.